The van der Waals surface area contributed by atoms with Crippen LogP contribution in [-0.4, -0.2) is 5.16 Å². The molecule has 78 valence electrons. The number of halogens is 1. The van der Waals surface area contributed by atoms with E-state index in [9.17, 15) is 0 Å². The van der Waals surface area contributed by atoms with E-state index in [0.717, 1.165) is 23.2 Å². The summed E-state index contributed by atoms with van der Waals surface area (Å²) < 4.78 is 6.18. The van der Waals surface area contributed by atoms with Gasteiger partial charge in [-0.05, 0) is 41.1 Å². The van der Waals surface area contributed by atoms with Gasteiger partial charge in [0.1, 0.15) is 5.69 Å². The van der Waals surface area contributed by atoms with Gasteiger partial charge in [-0.3, -0.25) is 0 Å². The molecule has 0 aliphatic rings. The molecule has 15 heavy (non-hydrogen) atoms. The summed E-state index contributed by atoms with van der Waals surface area (Å²) in [6.07, 6.45) is 0.830. The lowest BCUT2D eigenvalue weighted by atomic mass is 10.1. The molecule has 3 nitrogen and oxygen atoms in total. The second-order valence-corrected chi connectivity index (χ2v) is 4.48. The molecule has 1 aromatic carbocycles. The van der Waals surface area contributed by atoms with E-state index in [0.29, 0.717) is 5.88 Å². The molecule has 0 saturated heterocycles. The van der Waals surface area contributed by atoms with Gasteiger partial charge < -0.3 is 10.3 Å². The van der Waals surface area contributed by atoms with Crippen LogP contribution in [0, 0.1) is 3.57 Å². The van der Waals surface area contributed by atoms with E-state index in [1.54, 1.807) is 0 Å². The van der Waals surface area contributed by atoms with Crippen molar-refractivity contribution in [1.29, 1.82) is 0 Å². The zero-order valence-corrected chi connectivity index (χ0v) is 10.5. The van der Waals surface area contributed by atoms with Gasteiger partial charge in [0.25, 0.3) is 0 Å². The van der Waals surface area contributed by atoms with Crippen LogP contribution >= 0.6 is 22.6 Å². The van der Waals surface area contributed by atoms with Gasteiger partial charge in [-0.15, -0.1) is 0 Å². The smallest absolute Gasteiger partial charge is 0.225 e. The van der Waals surface area contributed by atoms with Crippen molar-refractivity contribution in [2.45, 2.75) is 13.3 Å². The molecule has 0 unspecified atom stereocenters. The molecule has 0 aliphatic heterocycles. The number of hydrogen-bond acceptors (Lipinski definition) is 3. The summed E-state index contributed by atoms with van der Waals surface area (Å²) in [5.41, 5.74) is 8.59. The Kier molecular flexibility index (Phi) is 2.95. The highest BCUT2D eigenvalue weighted by atomic mass is 127. The Morgan fingerprint density at radius 3 is 2.93 bits per heavy atom. The van der Waals surface area contributed by atoms with Gasteiger partial charge in [-0.25, -0.2) is 0 Å². The van der Waals surface area contributed by atoms with Crippen LogP contribution in [0.5, 0.6) is 0 Å². The standard InChI is InChI=1S/C11H11IN2O/c1-2-9-10(14-15-11(9)13)7-4-3-5-8(12)6-7/h3-6H,2,13H2,1H3. The number of aromatic nitrogens is 1. The molecule has 2 rings (SSSR count). The Balaban J connectivity index is 2.54. The maximum Gasteiger partial charge on any atom is 0.225 e. The minimum Gasteiger partial charge on any atom is -0.367 e. The van der Waals surface area contributed by atoms with Gasteiger partial charge in [0.05, 0.1) is 0 Å². The first-order valence-electron chi connectivity index (χ1n) is 4.72. The Bertz CT molecular complexity index is 479. The highest BCUT2D eigenvalue weighted by Crippen LogP contribution is 2.28. The first-order valence-corrected chi connectivity index (χ1v) is 5.80. The summed E-state index contributed by atoms with van der Waals surface area (Å²) in [7, 11) is 0. The number of nitrogens with zero attached hydrogens (tertiary/aromatic N) is 1. The number of nitrogens with two attached hydrogens (primary N) is 1. The van der Waals surface area contributed by atoms with Gasteiger partial charge in [-0.1, -0.05) is 24.2 Å². The van der Waals surface area contributed by atoms with Crippen LogP contribution in [0.2, 0.25) is 0 Å². The Morgan fingerprint density at radius 1 is 1.47 bits per heavy atom. The van der Waals surface area contributed by atoms with Gasteiger partial charge in [0.2, 0.25) is 5.88 Å². The second kappa shape index (κ2) is 4.22. The molecule has 0 aliphatic carbocycles. The van der Waals surface area contributed by atoms with Crippen molar-refractivity contribution in [2.24, 2.45) is 0 Å². The molecule has 1 heterocycles. The minimum absolute atomic E-state index is 0.423. The molecule has 2 aromatic rings. The average molecular weight is 314 g/mol. The van der Waals surface area contributed by atoms with E-state index >= 15 is 0 Å². The first kappa shape index (κ1) is 10.5. The van der Waals surface area contributed by atoms with Gasteiger partial charge >= 0.3 is 0 Å². The number of rotatable bonds is 2. The molecule has 0 amide bonds. The fraction of sp³-hybridized carbons (Fsp3) is 0.182. The van der Waals surface area contributed by atoms with Crippen molar-refractivity contribution in [3.8, 4) is 11.3 Å². The molecule has 0 bridgehead atoms. The third-order valence-corrected chi connectivity index (χ3v) is 2.94. The Labute approximate surface area is 102 Å². The third kappa shape index (κ3) is 1.99. The number of hydrogen-bond donors (Lipinski definition) is 1. The van der Waals surface area contributed by atoms with Crippen LogP contribution in [0.1, 0.15) is 12.5 Å². The monoisotopic (exact) mass is 314 g/mol. The van der Waals surface area contributed by atoms with Crippen LogP contribution in [-0.2, 0) is 6.42 Å². The molecule has 0 spiro atoms. The molecule has 1 aromatic heterocycles. The minimum atomic E-state index is 0.423. The van der Waals surface area contributed by atoms with Gasteiger partial charge in [0.15, 0.2) is 0 Å². The first-order chi connectivity index (χ1) is 7.22. The van der Waals surface area contributed by atoms with Crippen LogP contribution in [0.3, 0.4) is 0 Å². The molecule has 0 fully saturated rings. The zero-order valence-electron chi connectivity index (χ0n) is 8.33. The molecular weight excluding hydrogens is 303 g/mol. The lowest BCUT2D eigenvalue weighted by Gasteiger charge is -1.99. The van der Waals surface area contributed by atoms with E-state index in [1.165, 1.54) is 3.57 Å². The SMILES string of the molecule is CCc1c(-c2cccc(I)c2)noc1N. The van der Waals surface area contributed by atoms with Crippen molar-refractivity contribution in [3.05, 3.63) is 33.4 Å². The van der Waals surface area contributed by atoms with E-state index in [-0.39, 0.29) is 0 Å². The largest absolute Gasteiger partial charge is 0.367 e. The van der Waals surface area contributed by atoms with Crippen molar-refractivity contribution in [2.75, 3.05) is 5.73 Å². The maximum atomic E-state index is 5.70. The summed E-state index contributed by atoms with van der Waals surface area (Å²) in [6.45, 7) is 2.04. The van der Waals surface area contributed by atoms with Gasteiger partial charge in [0, 0.05) is 14.7 Å². The van der Waals surface area contributed by atoms with Gasteiger partial charge in [-0.2, -0.15) is 0 Å². The molecule has 4 heteroatoms. The molecular formula is C11H11IN2O. The molecule has 0 atom stereocenters. The summed E-state index contributed by atoms with van der Waals surface area (Å²) in [5.74, 6) is 0.423. The van der Waals surface area contributed by atoms with E-state index in [4.69, 9.17) is 10.3 Å². The highest BCUT2D eigenvalue weighted by Gasteiger charge is 2.13. The predicted octanol–water partition coefficient (Wildman–Crippen LogP) is 3.09. The molecule has 2 N–H and O–H groups in total. The Morgan fingerprint density at radius 2 is 2.27 bits per heavy atom. The second-order valence-electron chi connectivity index (χ2n) is 3.24. The zero-order chi connectivity index (χ0) is 10.8. The van der Waals surface area contributed by atoms with Crippen molar-refractivity contribution in [3.63, 3.8) is 0 Å². The number of benzene rings is 1. The number of nitrogen functional groups attached to an aromatic ring is 1. The molecule has 0 radical (unpaired) electrons. The summed E-state index contributed by atoms with van der Waals surface area (Å²) in [4.78, 5) is 0. The summed E-state index contributed by atoms with van der Waals surface area (Å²) >= 11 is 2.27. The normalized spacial score (nSPS) is 10.5. The fourth-order valence-electron chi connectivity index (χ4n) is 1.53. The van der Waals surface area contributed by atoms with Crippen molar-refractivity contribution < 1.29 is 4.52 Å². The number of anilines is 1. The van der Waals surface area contributed by atoms with Crippen LogP contribution in [0.4, 0.5) is 5.88 Å². The van der Waals surface area contributed by atoms with Crippen molar-refractivity contribution >= 4 is 28.5 Å². The topological polar surface area (TPSA) is 52.0 Å². The summed E-state index contributed by atoms with van der Waals surface area (Å²) in [6, 6.07) is 8.12. The fourth-order valence-corrected chi connectivity index (χ4v) is 2.07. The van der Waals surface area contributed by atoms with Crippen LogP contribution in [0.25, 0.3) is 11.3 Å². The summed E-state index contributed by atoms with van der Waals surface area (Å²) in [5, 5.41) is 3.99. The molecule has 0 saturated carbocycles. The Hall–Kier alpha value is -1.04. The lowest BCUT2D eigenvalue weighted by Crippen LogP contribution is -1.90. The maximum absolute atomic E-state index is 5.70. The highest BCUT2D eigenvalue weighted by molar-refractivity contribution is 14.1. The third-order valence-electron chi connectivity index (χ3n) is 2.27. The average Bonchev–Trinajstić information content (AvgIpc) is 2.59. The van der Waals surface area contributed by atoms with Crippen LogP contribution in [0.15, 0.2) is 28.8 Å². The van der Waals surface area contributed by atoms with Crippen LogP contribution < -0.4 is 5.73 Å². The predicted molar refractivity (Wildman–Crippen MR) is 68.4 cm³/mol. The lowest BCUT2D eigenvalue weighted by molar-refractivity contribution is 0.438. The van der Waals surface area contributed by atoms with Crippen molar-refractivity contribution in [1.82, 2.24) is 5.16 Å². The van der Waals surface area contributed by atoms with E-state index < -0.39 is 0 Å². The quantitative estimate of drug-likeness (QED) is 0.867. The van der Waals surface area contributed by atoms with E-state index in [2.05, 4.69) is 33.8 Å². The van der Waals surface area contributed by atoms with E-state index in [1.807, 2.05) is 25.1 Å².